The summed E-state index contributed by atoms with van der Waals surface area (Å²) in [7, 11) is 0. The molecule has 1 aromatic heterocycles. The fourth-order valence-corrected chi connectivity index (χ4v) is 1.40. The highest BCUT2D eigenvalue weighted by Crippen LogP contribution is 2.20. The first-order chi connectivity index (χ1) is 8.35. The van der Waals surface area contributed by atoms with Crippen LogP contribution in [0, 0.1) is 0 Å². The molecule has 0 aromatic carbocycles. The molecule has 0 unspecified atom stereocenters. The number of halogens is 3. The summed E-state index contributed by atoms with van der Waals surface area (Å²) in [6.07, 6.45) is -1.78. The summed E-state index contributed by atoms with van der Waals surface area (Å²) in [6.45, 7) is 1.00. The molecule has 0 atom stereocenters. The topological polar surface area (TPSA) is 72.9 Å². The Labute approximate surface area is 102 Å². The van der Waals surface area contributed by atoms with E-state index in [0.29, 0.717) is 11.2 Å². The summed E-state index contributed by atoms with van der Waals surface area (Å²) < 4.78 is 37.4. The summed E-state index contributed by atoms with van der Waals surface area (Å²) in [6, 6.07) is 0. The molecule has 18 heavy (non-hydrogen) atoms. The third-order valence-corrected chi connectivity index (χ3v) is 2.23. The highest BCUT2D eigenvalue weighted by Gasteiger charge is 2.31. The zero-order valence-electron chi connectivity index (χ0n) is 9.92. The summed E-state index contributed by atoms with van der Waals surface area (Å²) >= 11 is 0. The molecule has 0 saturated heterocycles. The zero-order valence-corrected chi connectivity index (χ0v) is 9.92. The summed E-state index contributed by atoms with van der Waals surface area (Å²) in [4.78, 5) is 11.7. The molecule has 1 aromatic rings. The summed E-state index contributed by atoms with van der Waals surface area (Å²) in [5, 5.41) is 5.97. The van der Waals surface area contributed by atoms with Gasteiger partial charge in [-0.05, 0) is 6.42 Å². The van der Waals surface area contributed by atoms with Crippen molar-refractivity contribution >= 4 is 11.6 Å². The Hall–Kier alpha value is -1.73. The Balaban J connectivity index is 2.80. The maximum absolute atomic E-state index is 12.3. The Morgan fingerprint density at radius 1 is 1.56 bits per heavy atom. The molecular formula is C10H15F3N4O. The maximum Gasteiger partial charge on any atom is 0.408 e. The van der Waals surface area contributed by atoms with Crippen molar-refractivity contribution in [1.29, 1.82) is 0 Å². The molecule has 1 amide bonds. The van der Waals surface area contributed by atoms with Crippen molar-refractivity contribution in [2.24, 2.45) is 0 Å². The SMILES string of the molecule is CCCCNC(=O)c1c(N)cnn1CC(F)(F)F. The van der Waals surface area contributed by atoms with Crippen molar-refractivity contribution in [3.63, 3.8) is 0 Å². The number of hydrogen-bond acceptors (Lipinski definition) is 3. The van der Waals surface area contributed by atoms with Crippen LogP contribution in [-0.4, -0.2) is 28.4 Å². The number of unbranched alkanes of at least 4 members (excludes halogenated alkanes) is 1. The van der Waals surface area contributed by atoms with Gasteiger partial charge in [0.1, 0.15) is 12.2 Å². The normalized spacial score (nSPS) is 11.6. The van der Waals surface area contributed by atoms with Crippen molar-refractivity contribution in [3.8, 4) is 0 Å². The fraction of sp³-hybridized carbons (Fsp3) is 0.600. The van der Waals surface area contributed by atoms with Crippen LogP contribution in [0.1, 0.15) is 30.3 Å². The highest BCUT2D eigenvalue weighted by molar-refractivity contribution is 5.97. The van der Waals surface area contributed by atoms with E-state index in [1.165, 1.54) is 0 Å². The molecule has 5 nitrogen and oxygen atoms in total. The molecule has 0 spiro atoms. The Kier molecular flexibility index (Phi) is 4.57. The molecule has 0 aliphatic carbocycles. The molecule has 0 fully saturated rings. The van der Waals surface area contributed by atoms with Crippen LogP contribution in [0.3, 0.4) is 0 Å². The number of anilines is 1. The molecule has 0 bridgehead atoms. The fourth-order valence-electron chi connectivity index (χ4n) is 1.40. The van der Waals surface area contributed by atoms with E-state index >= 15 is 0 Å². The van der Waals surface area contributed by atoms with E-state index < -0.39 is 18.6 Å². The average Bonchev–Trinajstić information content (AvgIpc) is 2.57. The minimum Gasteiger partial charge on any atom is -0.396 e. The number of nitrogens with one attached hydrogen (secondary N) is 1. The molecular weight excluding hydrogens is 249 g/mol. The third kappa shape index (κ3) is 3.94. The van der Waals surface area contributed by atoms with Crippen LogP contribution in [0.4, 0.5) is 18.9 Å². The van der Waals surface area contributed by atoms with Crippen LogP contribution in [0.5, 0.6) is 0 Å². The minimum atomic E-state index is -4.45. The van der Waals surface area contributed by atoms with Gasteiger partial charge in [-0.15, -0.1) is 0 Å². The van der Waals surface area contributed by atoms with E-state index in [9.17, 15) is 18.0 Å². The smallest absolute Gasteiger partial charge is 0.396 e. The van der Waals surface area contributed by atoms with Gasteiger partial charge in [-0.25, -0.2) is 4.68 Å². The Bertz CT molecular complexity index is 414. The monoisotopic (exact) mass is 264 g/mol. The van der Waals surface area contributed by atoms with Gasteiger partial charge in [0.15, 0.2) is 0 Å². The number of nitrogen functional groups attached to an aromatic ring is 1. The number of amides is 1. The van der Waals surface area contributed by atoms with E-state index in [-0.39, 0.29) is 11.4 Å². The molecule has 1 heterocycles. The molecule has 0 radical (unpaired) electrons. The second kappa shape index (κ2) is 5.74. The van der Waals surface area contributed by atoms with Crippen molar-refractivity contribution in [3.05, 3.63) is 11.9 Å². The van der Waals surface area contributed by atoms with E-state index in [0.717, 1.165) is 19.0 Å². The van der Waals surface area contributed by atoms with Gasteiger partial charge < -0.3 is 11.1 Å². The van der Waals surface area contributed by atoms with Crippen molar-refractivity contribution in [2.75, 3.05) is 12.3 Å². The Morgan fingerprint density at radius 2 is 2.22 bits per heavy atom. The number of nitrogens with two attached hydrogens (primary N) is 1. The lowest BCUT2D eigenvalue weighted by atomic mass is 10.3. The van der Waals surface area contributed by atoms with Crippen LogP contribution >= 0.6 is 0 Å². The molecule has 0 saturated carbocycles. The highest BCUT2D eigenvalue weighted by atomic mass is 19.4. The number of carbonyl (C=O) groups excluding carboxylic acids is 1. The average molecular weight is 264 g/mol. The second-order valence-electron chi connectivity index (χ2n) is 3.83. The van der Waals surface area contributed by atoms with Crippen LogP contribution in [0.15, 0.2) is 6.20 Å². The first-order valence-corrected chi connectivity index (χ1v) is 5.51. The summed E-state index contributed by atoms with van der Waals surface area (Å²) in [5.41, 5.74) is 5.15. The van der Waals surface area contributed by atoms with Crippen molar-refractivity contribution in [1.82, 2.24) is 15.1 Å². The standard InChI is InChI=1S/C10H15F3N4O/c1-2-3-4-15-9(18)8-7(14)5-16-17(8)6-10(11,12)13/h5H,2-4,6,14H2,1H3,(H,15,18). The van der Waals surface area contributed by atoms with Gasteiger partial charge in [-0.3, -0.25) is 4.79 Å². The van der Waals surface area contributed by atoms with Crippen molar-refractivity contribution < 1.29 is 18.0 Å². The van der Waals surface area contributed by atoms with Gasteiger partial charge in [0.05, 0.1) is 11.9 Å². The van der Waals surface area contributed by atoms with Crippen LogP contribution in [0.25, 0.3) is 0 Å². The number of rotatable bonds is 5. The van der Waals surface area contributed by atoms with Crippen molar-refractivity contribution in [2.45, 2.75) is 32.5 Å². The number of aromatic nitrogens is 2. The third-order valence-electron chi connectivity index (χ3n) is 2.23. The molecule has 3 N–H and O–H groups in total. The minimum absolute atomic E-state index is 0.0618. The number of nitrogens with zero attached hydrogens (tertiary/aromatic N) is 2. The molecule has 102 valence electrons. The largest absolute Gasteiger partial charge is 0.408 e. The van der Waals surface area contributed by atoms with Gasteiger partial charge in [0, 0.05) is 6.54 Å². The van der Waals surface area contributed by atoms with Gasteiger partial charge in [0.25, 0.3) is 5.91 Å². The molecule has 8 heteroatoms. The lowest BCUT2D eigenvalue weighted by Crippen LogP contribution is -2.30. The lowest BCUT2D eigenvalue weighted by Gasteiger charge is -2.10. The van der Waals surface area contributed by atoms with Gasteiger partial charge >= 0.3 is 6.18 Å². The second-order valence-corrected chi connectivity index (χ2v) is 3.83. The predicted octanol–water partition coefficient (Wildman–Crippen LogP) is 1.56. The predicted molar refractivity (Wildman–Crippen MR) is 59.9 cm³/mol. The van der Waals surface area contributed by atoms with Gasteiger partial charge in [0.2, 0.25) is 0 Å². The van der Waals surface area contributed by atoms with E-state index in [2.05, 4.69) is 10.4 Å². The maximum atomic E-state index is 12.3. The summed E-state index contributed by atoms with van der Waals surface area (Å²) in [5.74, 6) is -0.636. The zero-order chi connectivity index (χ0) is 13.8. The van der Waals surface area contributed by atoms with Crippen LogP contribution in [-0.2, 0) is 6.54 Å². The first-order valence-electron chi connectivity index (χ1n) is 5.51. The Morgan fingerprint density at radius 3 is 2.78 bits per heavy atom. The number of alkyl halides is 3. The molecule has 0 aliphatic heterocycles. The van der Waals surface area contributed by atoms with E-state index in [4.69, 9.17) is 5.73 Å². The lowest BCUT2D eigenvalue weighted by molar-refractivity contribution is -0.142. The van der Waals surface area contributed by atoms with Gasteiger partial charge in [-0.2, -0.15) is 18.3 Å². The van der Waals surface area contributed by atoms with E-state index in [1.54, 1.807) is 0 Å². The number of carbonyl (C=O) groups is 1. The van der Waals surface area contributed by atoms with Crippen LogP contribution < -0.4 is 11.1 Å². The molecule has 0 aliphatic rings. The van der Waals surface area contributed by atoms with E-state index in [1.807, 2.05) is 6.92 Å². The number of hydrogen-bond donors (Lipinski definition) is 2. The van der Waals surface area contributed by atoms with Crippen LogP contribution in [0.2, 0.25) is 0 Å². The molecule has 1 rings (SSSR count). The first kappa shape index (κ1) is 14.3. The quantitative estimate of drug-likeness (QED) is 0.793. The van der Waals surface area contributed by atoms with Gasteiger partial charge in [-0.1, -0.05) is 13.3 Å².